The molecule has 1 heterocycles. The minimum absolute atomic E-state index is 0.0802. The second-order valence-electron chi connectivity index (χ2n) is 4.59. The van der Waals surface area contributed by atoms with E-state index in [0.29, 0.717) is 13.0 Å². The smallest absolute Gasteiger partial charge is 0.325 e. The van der Waals surface area contributed by atoms with E-state index in [0.717, 1.165) is 19.0 Å². The van der Waals surface area contributed by atoms with Crippen LogP contribution in [-0.2, 0) is 10.0 Å². The zero-order valence-corrected chi connectivity index (χ0v) is 11.0. The molecular formula is C10H16N4O4S. The predicted octanol–water partition coefficient (Wildman–Crippen LogP) is -1.53. The molecule has 2 unspecified atom stereocenters. The van der Waals surface area contributed by atoms with Gasteiger partial charge in [0.25, 0.3) is 5.56 Å². The van der Waals surface area contributed by atoms with Crippen LogP contribution >= 0.6 is 0 Å². The van der Waals surface area contributed by atoms with Crippen LogP contribution in [0.3, 0.4) is 0 Å². The van der Waals surface area contributed by atoms with Crippen LogP contribution in [0, 0.1) is 5.92 Å². The Balaban J connectivity index is 2.28. The van der Waals surface area contributed by atoms with Crippen LogP contribution in [0.25, 0.3) is 0 Å². The maximum atomic E-state index is 12.1. The van der Waals surface area contributed by atoms with Crippen molar-refractivity contribution in [3.63, 3.8) is 0 Å². The lowest BCUT2D eigenvalue weighted by Crippen LogP contribution is -2.42. The van der Waals surface area contributed by atoms with Gasteiger partial charge in [-0.2, -0.15) is 0 Å². The third kappa shape index (κ3) is 2.94. The van der Waals surface area contributed by atoms with Gasteiger partial charge in [0.05, 0.1) is 0 Å². The van der Waals surface area contributed by atoms with E-state index >= 15 is 0 Å². The van der Waals surface area contributed by atoms with Gasteiger partial charge >= 0.3 is 5.69 Å². The van der Waals surface area contributed by atoms with Crippen molar-refractivity contribution in [2.45, 2.75) is 30.2 Å². The van der Waals surface area contributed by atoms with Gasteiger partial charge in [0.15, 0.2) is 4.90 Å². The Bertz CT molecular complexity index is 663. The first-order valence-corrected chi connectivity index (χ1v) is 7.47. The Labute approximate surface area is 109 Å². The van der Waals surface area contributed by atoms with Crippen molar-refractivity contribution in [1.29, 1.82) is 0 Å². The number of nitrogens with one attached hydrogen (secondary N) is 3. The summed E-state index contributed by atoms with van der Waals surface area (Å²) in [4.78, 5) is 25.9. The Hall–Kier alpha value is -1.45. The molecule has 1 fully saturated rings. The summed E-state index contributed by atoms with van der Waals surface area (Å²) in [6.07, 6.45) is 3.36. The minimum atomic E-state index is -3.95. The highest BCUT2D eigenvalue weighted by Crippen LogP contribution is 2.25. The molecule has 0 spiro atoms. The summed E-state index contributed by atoms with van der Waals surface area (Å²) >= 11 is 0. The van der Waals surface area contributed by atoms with E-state index in [1.807, 2.05) is 4.98 Å². The molecule has 0 aromatic carbocycles. The molecule has 0 radical (unpaired) electrons. The number of hydrogen-bond donors (Lipinski definition) is 4. The van der Waals surface area contributed by atoms with Crippen molar-refractivity contribution in [2.24, 2.45) is 11.7 Å². The number of rotatable bonds is 4. The molecule has 0 amide bonds. The lowest BCUT2D eigenvalue weighted by molar-refractivity contribution is 0.452. The molecule has 9 heteroatoms. The summed E-state index contributed by atoms with van der Waals surface area (Å²) in [5.74, 6) is 0.0802. The normalized spacial score (nSPS) is 23.6. The van der Waals surface area contributed by atoms with Gasteiger partial charge in [0, 0.05) is 12.2 Å². The highest BCUT2D eigenvalue weighted by molar-refractivity contribution is 7.89. The van der Waals surface area contributed by atoms with Crippen molar-refractivity contribution in [1.82, 2.24) is 14.7 Å². The second-order valence-corrected chi connectivity index (χ2v) is 6.27. The van der Waals surface area contributed by atoms with E-state index in [1.54, 1.807) is 0 Å². The van der Waals surface area contributed by atoms with Gasteiger partial charge in [-0.3, -0.25) is 9.78 Å². The Morgan fingerprint density at radius 2 is 2.11 bits per heavy atom. The second kappa shape index (κ2) is 5.27. The molecule has 1 saturated carbocycles. The topological polar surface area (TPSA) is 138 Å². The molecule has 1 aromatic rings. The van der Waals surface area contributed by atoms with E-state index in [-0.39, 0.29) is 12.0 Å². The SMILES string of the molecule is NCC1CCCC1NS(=O)(=O)c1c[nH]c(=O)[nH]c1=O. The summed E-state index contributed by atoms with van der Waals surface area (Å²) in [5, 5.41) is 0. The van der Waals surface area contributed by atoms with Crippen molar-refractivity contribution in [2.75, 3.05) is 6.54 Å². The molecule has 2 atom stereocenters. The van der Waals surface area contributed by atoms with E-state index in [1.165, 1.54) is 0 Å². The largest absolute Gasteiger partial charge is 0.330 e. The Morgan fingerprint density at radius 3 is 2.74 bits per heavy atom. The maximum Gasteiger partial charge on any atom is 0.325 e. The fraction of sp³-hybridized carbons (Fsp3) is 0.600. The van der Waals surface area contributed by atoms with Crippen molar-refractivity contribution >= 4 is 10.0 Å². The molecule has 5 N–H and O–H groups in total. The fourth-order valence-electron chi connectivity index (χ4n) is 2.33. The molecular weight excluding hydrogens is 272 g/mol. The molecule has 8 nitrogen and oxygen atoms in total. The first-order chi connectivity index (χ1) is 8.94. The summed E-state index contributed by atoms with van der Waals surface area (Å²) in [6.45, 7) is 0.398. The lowest BCUT2D eigenvalue weighted by atomic mass is 10.1. The van der Waals surface area contributed by atoms with E-state index in [9.17, 15) is 18.0 Å². The van der Waals surface area contributed by atoms with Crippen molar-refractivity contribution in [3.05, 3.63) is 27.0 Å². The first-order valence-electron chi connectivity index (χ1n) is 5.98. The molecule has 2 rings (SSSR count). The molecule has 106 valence electrons. The summed E-state index contributed by atoms with van der Waals surface area (Å²) in [5.41, 5.74) is 3.90. The van der Waals surface area contributed by atoms with Gasteiger partial charge in [0.2, 0.25) is 10.0 Å². The summed E-state index contributed by atoms with van der Waals surface area (Å²) in [6, 6.07) is -0.263. The number of nitrogens with two attached hydrogens (primary N) is 1. The molecule has 19 heavy (non-hydrogen) atoms. The number of aromatic amines is 2. The average molecular weight is 288 g/mol. The lowest BCUT2D eigenvalue weighted by Gasteiger charge is -2.18. The van der Waals surface area contributed by atoms with Gasteiger partial charge in [-0.1, -0.05) is 6.42 Å². The number of H-pyrrole nitrogens is 2. The third-order valence-electron chi connectivity index (χ3n) is 3.34. The highest BCUT2D eigenvalue weighted by atomic mass is 32.2. The summed E-state index contributed by atoms with van der Waals surface area (Å²) < 4.78 is 26.7. The zero-order valence-electron chi connectivity index (χ0n) is 10.2. The quantitative estimate of drug-likeness (QED) is 0.532. The highest BCUT2D eigenvalue weighted by Gasteiger charge is 2.31. The average Bonchev–Trinajstić information content (AvgIpc) is 2.74. The molecule has 1 aliphatic carbocycles. The number of aromatic nitrogens is 2. The standard InChI is InChI=1S/C10H16N4O4S/c11-4-6-2-1-3-7(6)14-19(17,18)8-5-12-10(16)13-9(8)15/h5-7,14H,1-4,11H2,(H2,12,13,15,16). The molecule has 0 aliphatic heterocycles. The predicted molar refractivity (Wildman–Crippen MR) is 68.2 cm³/mol. The molecule has 0 saturated heterocycles. The monoisotopic (exact) mass is 288 g/mol. The minimum Gasteiger partial charge on any atom is -0.330 e. The Morgan fingerprint density at radius 1 is 1.37 bits per heavy atom. The van der Waals surface area contributed by atoms with Crippen LogP contribution in [-0.4, -0.2) is 31.0 Å². The number of hydrogen-bond acceptors (Lipinski definition) is 5. The van der Waals surface area contributed by atoms with Gasteiger partial charge in [-0.25, -0.2) is 17.9 Å². The van der Waals surface area contributed by atoms with Gasteiger partial charge in [0.1, 0.15) is 0 Å². The van der Waals surface area contributed by atoms with Gasteiger partial charge in [-0.05, 0) is 25.3 Å². The fourth-order valence-corrected chi connectivity index (χ4v) is 3.68. The first kappa shape index (κ1) is 14.0. The van der Waals surface area contributed by atoms with Gasteiger partial charge in [-0.15, -0.1) is 0 Å². The molecule has 1 aromatic heterocycles. The van der Waals surface area contributed by atoms with Gasteiger partial charge < -0.3 is 10.7 Å². The molecule has 1 aliphatic rings. The van der Waals surface area contributed by atoms with Crippen molar-refractivity contribution < 1.29 is 8.42 Å². The van der Waals surface area contributed by atoms with Crippen LogP contribution < -0.4 is 21.7 Å². The number of sulfonamides is 1. The molecule has 0 bridgehead atoms. The summed E-state index contributed by atoms with van der Waals surface area (Å²) in [7, 11) is -3.95. The van der Waals surface area contributed by atoms with E-state index in [4.69, 9.17) is 5.73 Å². The third-order valence-corrected chi connectivity index (χ3v) is 4.84. The van der Waals surface area contributed by atoms with Crippen LogP contribution in [0.2, 0.25) is 0 Å². The van der Waals surface area contributed by atoms with Crippen molar-refractivity contribution in [3.8, 4) is 0 Å². The maximum absolute atomic E-state index is 12.1. The van der Waals surface area contributed by atoms with Crippen LogP contribution in [0.5, 0.6) is 0 Å². The van der Waals surface area contributed by atoms with E-state index < -0.39 is 26.2 Å². The van der Waals surface area contributed by atoms with E-state index in [2.05, 4.69) is 9.71 Å². The zero-order chi connectivity index (χ0) is 14.0. The van der Waals surface area contributed by atoms with Crippen LogP contribution in [0.1, 0.15) is 19.3 Å². The van der Waals surface area contributed by atoms with Crippen LogP contribution in [0.4, 0.5) is 0 Å². The van der Waals surface area contributed by atoms with Crippen LogP contribution in [0.15, 0.2) is 20.7 Å². The Kier molecular flexibility index (Phi) is 3.88.